The first-order valence-electron chi connectivity index (χ1n) is 5.55. The fourth-order valence-corrected chi connectivity index (χ4v) is 2.02. The number of pyridine rings is 1. The van der Waals surface area contributed by atoms with E-state index in [1.807, 2.05) is 12.1 Å². The molecule has 0 bridgehead atoms. The Morgan fingerprint density at radius 3 is 2.78 bits per heavy atom. The van der Waals surface area contributed by atoms with Crippen LogP contribution in [0.1, 0.15) is 6.42 Å². The van der Waals surface area contributed by atoms with Crippen LogP contribution in [0.15, 0.2) is 24.5 Å². The predicted octanol–water partition coefficient (Wildman–Crippen LogP) is 2.02. The molecular formula is C12H20Cl2N2O2. The first kappa shape index (κ1) is 17.4. The molecule has 18 heavy (non-hydrogen) atoms. The maximum Gasteiger partial charge on any atom is 0.137 e. The molecule has 2 atom stereocenters. The maximum atomic E-state index is 5.69. The Balaban J connectivity index is 0.00000144. The smallest absolute Gasteiger partial charge is 0.137 e. The summed E-state index contributed by atoms with van der Waals surface area (Å²) in [5.41, 5.74) is 0. The number of likely N-dealkylation sites (N-methyl/N-ethyl adjacent to an activating group) is 1. The molecule has 2 rings (SSSR count). The van der Waals surface area contributed by atoms with E-state index < -0.39 is 0 Å². The molecule has 1 fully saturated rings. The lowest BCUT2D eigenvalue weighted by Crippen LogP contribution is -2.30. The summed E-state index contributed by atoms with van der Waals surface area (Å²) < 4.78 is 11.0. The number of methoxy groups -OCH3 is 1. The second-order valence-electron chi connectivity index (χ2n) is 4.19. The predicted molar refractivity (Wildman–Crippen MR) is 76.1 cm³/mol. The summed E-state index contributed by atoms with van der Waals surface area (Å²) in [7, 11) is 3.87. The first-order valence-corrected chi connectivity index (χ1v) is 5.55. The van der Waals surface area contributed by atoms with Crippen LogP contribution in [-0.4, -0.2) is 49.3 Å². The first-order chi connectivity index (χ1) is 7.79. The van der Waals surface area contributed by atoms with E-state index in [2.05, 4.69) is 16.9 Å². The van der Waals surface area contributed by atoms with Crippen LogP contribution in [0, 0.1) is 0 Å². The second-order valence-corrected chi connectivity index (χ2v) is 4.19. The summed E-state index contributed by atoms with van der Waals surface area (Å²) in [6, 6.07) is 4.24. The van der Waals surface area contributed by atoms with E-state index in [0.29, 0.717) is 18.8 Å². The van der Waals surface area contributed by atoms with Crippen molar-refractivity contribution in [2.45, 2.75) is 18.6 Å². The highest BCUT2D eigenvalue weighted by atomic mass is 35.5. The van der Waals surface area contributed by atoms with Crippen LogP contribution in [-0.2, 0) is 4.74 Å². The van der Waals surface area contributed by atoms with Gasteiger partial charge < -0.3 is 9.47 Å². The lowest BCUT2D eigenvalue weighted by molar-refractivity contribution is 0.111. The van der Waals surface area contributed by atoms with Gasteiger partial charge in [-0.05, 0) is 25.6 Å². The standard InChI is InChI=1S/C12H18N2O2.2ClH/c1-14-8-12(15-2)6-10(14)9-16-11-4-3-5-13-7-11;;/h3-5,7,10,12H,6,8-9H2,1-2H3;2*1H/t10?,12-;;/m0../s1. The van der Waals surface area contributed by atoms with Gasteiger partial charge >= 0.3 is 0 Å². The van der Waals surface area contributed by atoms with Crippen molar-refractivity contribution in [3.8, 4) is 5.75 Å². The molecule has 0 spiro atoms. The second kappa shape index (κ2) is 8.53. The molecule has 0 aromatic carbocycles. The van der Waals surface area contributed by atoms with Gasteiger partial charge in [-0.1, -0.05) is 0 Å². The highest BCUT2D eigenvalue weighted by molar-refractivity contribution is 5.85. The number of hydrogen-bond donors (Lipinski definition) is 0. The molecular weight excluding hydrogens is 275 g/mol. The van der Waals surface area contributed by atoms with E-state index in [4.69, 9.17) is 9.47 Å². The summed E-state index contributed by atoms with van der Waals surface area (Å²) >= 11 is 0. The van der Waals surface area contributed by atoms with Crippen LogP contribution in [0.3, 0.4) is 0 Å². The lowest BCUT2D eigenvalue weighted by atomic mass is 10.2. The summed E-state index contributed by atoms with van der Waals surface area (Å²) in [6.45, 7) is 1.68. The van der Waals surface area contributed by atoms with Crippen molar-refractivity contribution in [2.24, 2.45) is 0 Å². The molecule has 1 saturated heterocycles. The van der Waals surface area contributed by atoms with Gasteiger partial charge in [0.2, 0.25) is 0 Å². The van der Waals surface area contributed by atoms with Crippen LogP contribution in [0.4, 0.5) is 0 Å². The van der Waals surface area contributed by atoms with Crippen molar-refractivity contribution in [3.05, 3.63) is 24.5 Å². The SMILES string of the molecule is CO[C@H]1CC(COc2cccnc2)N(C)C1.Cl.Cl. The van der Waals surface area contributed by atoms with Crippen LogP contribution in [0.25, 0.3) is 0 Å². The minimum atomic E-state index is 0. The van der Waals surface area contributed by atoms with Crippen molar-refractivity contribution in [1.29, 1.82) is 0 Å². The number of halogens is 2. The normalized spacial score (nSPS) is 23.0. The van der Waals surface area contributed by atoms with E-state index in [-0.39, 0.29) is 24.8 Å². The monoisotopic (exact) mass is 294 g/mol. The van der Waals surface area contributed by atoms with Crippen LogP contribution >= 0.6 is 24.8 Å². The zero-order valence-electron chi connectivity index (χ0n) is 10.6. The zero-order valence-corrected chi connectivity index (χ0v) is 12.2. The largest absolute Gasteiger partial charge is 0.490 e. The van der Waals surface area contributed by atoms with Gasteiger partial charge in [-0.25, -0.2) is 0 Å². The summed E-state index contributed by atoms with van der Waals surface area (Å²) in [5.74, 6) is 0.830. The van der Waals surface area contributed by atoms with Crippen LogP contribution < -0.4 is 4.74 Å². The van der Waals surface area contributed by atoms with E-state index in [0.717, 1.165) is 18.7 Å². The zero-order chi connectivity index (χ0) is 11.4. The Bertz CT molecular complexity index is 327. The molecule has 0 saturated carbocycles. The van der Waals surface area contributed by atoms with Crippen molar-refractivity contribution in [1.82, 2.24) is 9.88 Å². The van der Waals surface area contributed by atoms with Gasteiger partial charge in [0, 0.05) is 25.9 Å². The Morgan fingerprint density at radius 1 is 1.44 bits per heavy atom. The van der Waals surface area contributed by atoms with Gasteiger partial charge in [0.15, 0.2) is 0 Å². The third kappa shape index (κ3) is 4.61. The molecule has 1 unspecified atom stereocenters. The van der Waals surface area contributed by atoms with Crippen LogP contribution in [0.5, 0.6) is 5.75 Å². The van der Waals surface area contributed by atoms with Gasteiger partial charge in [0.1, 0.15) is 12.4 Å². The Labute approximate surface area is 120 Å². The summed E-state index contributed by atoms with van der Waals surface area (Å²) in [6.07, 6.45) is 4.86. The average Bonchev–Trinajstić information content (AvgIpc) is 2.69. The van der Waals surface area contributed by atoms with Crippen molar-refractivity contribution in [3.63, 3.8) is 0 Å². The van der Waals surface area contributed by atoms with E-state index >= 15 is 0 Å². The lowest BCUT2D eigenvalue weighted by Gasteiger charge is -2.18. The molecule has 2 heterocycles. The molecule has 1 aliphatic rings. The quantitative estimate of drug-likeness (QED) is 0.851. The van der Waals surface area contributed by atoms with Crippen LogP contribution in [0.2, 0.25) is 0 Å². The van der Waals surface area contributed by atoms with Gasteiger partial charge in [-0.15, -0.1) is 24.8 Å². The molecule has 1 aliphatic heterocycles. The number of nitrogens with zero attached hydrogens (tertiary/aromatic N) is 2. The van der Waals surface area contributed by atoms with Gasteiger partial charge in [-0.2, -0.15) is 0 Å². The van der Waals surface area contributed by atoms with Crippen molar-refractivity contribution >= 4 is 24.8 Å². The molecule has 4 nitrogen and oxygen atoms in total. The highest BCUT2D eigenvalue weighted by Gasteiger charge is 2.29. The highest BCUT2D eigenvalue weighted by Crippen LogP contribution is 2.19. The van der Waals surface area contributed by atoms with Gasteiger partial charge in [0.25, 0.3) is 0 Å². The molecule has 6 heteroatoms. The number of hydrogen-bond acceptors (Lipinski definition) is 4. The number of likely N-dealkylation sites (tertiary alicyclic amines) is 1. The Kier molecular flexibility index (Phi) is 8.27. The third-order valence-electron chi connectivity index (χ3n) is 3.06. The maximum absolute atomic E-state index is 5.69. The fourth-order valence-electron chi connectivity index (χ4n) is 2.02. The third-order valence-corrected chi connectivity index (χ3v) is 3.06. The minimum Gasteiger partial charge on any atom is -0.490 e. The van der Waals surface area contributed by atoms with Crippen molar-refractivity contribution in [2.75, 3.05) is 27.3 Å². The van der Waals surface area contributed by atoms with E-state index in [1.54, 1.807) is 19.5 Å². The minimum absolute atomic E-state index is 0. The van der Waals surface area contributed by atoms with E-state index in [1.165, 1.54) is 0 Å². The number of ether oxygens (including phenoxy) is 2. The summed E-state index contributed by atoms with van der Waals surface area (Å²) in [5, 5.41) is 0. The molecule has 0 aliphatic carbocycles. The fraction of sp³-hybridized carbons (Fsp3) is 0.583. The summed E-state index contributed by atoms with van der Waals surface area (Å²) in [4.78, 5) is 6.30. The Morgan fingerprint density at radius 2 is 2.22 bits per heavy atom. The molecule has 0 radical (unpaired) electrons. The Hall–Kier alpha value is -0.550. The number of aromatic nitrogens is 1. The topological polar surface area (TPSA) is 34.6 Å². The van der Waals surface area contributed by atoms with Crippen molar-refractivity contribution < 1.29 is 9.47 Å². The molecule has 1 aromatic rings. The van der Waals surface area contributed by atoms with Gasteiger partial charge in [0.05, 0.1) is 12.3 Å². The molecule has 104 valence electrons. The van der Waals surface area contributed by atoms with Gasteiger partial charge in [-0.3, -0.25) is 9.88 Å². The average molecular weight is 295 g/mol. The molecule has 1 aromatic heterocycles. The molecule has 0 N–H and O–H groups in total. The number of rotatable bonds is 4. The van der Waals surface area contributed by atoms with E-state index in [9.17, 15) is 0 Å². The molecule has 0 amide bonds.